The monoisotopic (exact) mass is 380 g/mol. The Hall–Kier alpha value is -1.60. The fourth-order valence-electron chi connectivity index (χ4n) is 2.95. The number of nitrogens with zero attached hydrogens (tertiary/aromatic N) is 1. The molecule has 1 aliphatic rings. The van der Waals surface area contributed by atoms with Crippen LogP contribution in [-0.2, 0) is 4.74 Å². The number of hydrogen-bond acceptors (Lipinski definition) is 5. The van der Waals surface area contributed by atoms with Crippen LogP contribution in [0.4, 0.5) is 0 Å². The SMILES string of the molecule is COc1ccc(Cl)cc1C(=O)NC[C@H](c1ccsc1)N1CCOCC1. The lowest BCUT2D eigenvalue weighted by atomic mass is 10.1. The summed E-state index contributed by atoms with van der Waals surface area (Å²) >= 11 is 7.69. The van der Waals surface area contributed by atoms with Gasteiger partial charge < -0.3 is 14.8 Å². The number of carbonyl (C=O) groups excluding carboxylic acids is 1. The number of amides is 1. The molecular formula is C18H21ClN2O3S. The lowest BCUT2D eigenvalue weighted by Crippen LogP contribution is -2.43. The van der Waals surface area contributed by atoms with Gasteiger partial charge in [-0.25, -0.2) is 0 Å². The number of carbonyl (C=O) groups is 1. The van der Waals surface area contributed by atoms with Gasteiger partial charge in [-0.15, -0.1) is 0 Å². The number of nitrogens with one attached hydrogen (secondary N) is 1. The largest absolute Gasteiger partial charge is 0.496 e. The summed E-state index contributed by atoms with van der Waals surface area (Å²) in [7, 11) is 1.54. The van der Waals surface area contributed by atoms with E-state index in [0.29, 0.717) is 22.9 Å². The first-order valence-corrected chi connectivity index (χ1v) is 9.46. The Bertz CT molecular complexity index is 702. The molecule has 1 aliphatic heterocycles. The van der Waals surface area contributed by atoms with Gasteiger partial charge in [0.15, 0.2) is 0 Å². The highest BCUT2D eigenvalue weighted by Gasteiger charge is 2.24. The number of methoxy groups -OCH3 is 1. The van der Waals surface area contributed by atoms with E-state index >= 15 is 0 Å². The molecule has 1 fully saturated rings. The second kappa shape index (κ2) is 8.67. The van der Waals surface area contributed by atoms with Gasteiger partial charge in [0.05, 0.1) is 31.9 Å². The van der Waals surface area contributed by atoms with Crippen molar-refractivity contribution in [2.45, 2.75) is 6.04 Å². The fourth-order valence-corrected chi connectivity index (χ4v) is 3.83. The van der Waals surface area contributed by atoms with Crippen molar-refractivity contribution in [1.82, 2.24) is 10.2 Å². The Kier molecular flexibility index (Phi) is 6.31. The van der Waals surface area contributed by atoms with Gasteiger partial charge in [0, 0.05) is 24.7 Å². The van der Waals surface area contributed by atoms with Crippen LogP contribution in [0.1, 0.15) is 22.0 Å². The first kappa shape index (κ1) is 18.2. The van der Waals surface area contributed by atoms with Gasteiger partial charge in [-0.2, -0.15) is 11.3 Å². The third-order valence-electron chi connectivity index (χ3n) is 4.28. The Labute approximate surface area is 156 Å². The Balaban J connectivity index is 1.72. The van der Waals surface area contributed by atoms with Crippen LogP contribution >= 0.6 is 22.9 Å². The Morgan fingerprint density at radius 3 is 2.88 bits per heavy atom. The summed E-state index contributed by atoms with van der Waals surface area (Å²) in [5.74, 6) is 0.327. The van der Waals surface area contributed by atoms with E-state index in [1.807, 2.05) is 0 Å². The minimum atomic E-state index is -0.187. The van der Waals surface area contributed by atoms with E-state index in [1.54, 1.807) is 36.6 Å². The summed E-state index contributed by atoms with van der Waals surface area (Å²) in [6.07, 6.45) is 0. The molecular weight excluding hydrogens is 360 g/mol. The fraction of sp³-hybridized carbons (Fsp3) is 0.389. The molecule has 0 radical (unpaired) electrons. The van der Waals surface area contributed by atoms with Gasteiger partial charge in [0.2, 0.25) is 0 Å². The van der Waals surface area contributed by atoms with Crippen LogP contribution in [0.2, 0.25) is 5.02 Å². The van der Waals surface area contributed by atoms with Gasteiger partial charge in [-0.05, 0) is 40.6 Å². The zero-order valence-electron chi connectivity index (χ0n) is 14.0. The molecule has 0 bridgehead atoms. The second-order valence-corrected chi connectivity index (χ2v) is 6.99. The zero-order valence-corrected chi connectivity index (χ0v) is 15.6. The van der Waals surface area contributed by atoms with E-state index in [-0.39, 0.29) is 11.9 Å². The van der Waals surface area contributed by atoms with Crippen molar-refractivity contribution >= 4 is 28.8 Å². The summed E-state index contributed by atoms with van der Waals surface area (Å²) in [6.45, 7) is 3.67. The van der Waals surface area contributed by atoms with Crippen molar-refractivity contribution in [2.24, 2.45) is 0 Å². The van der Waals surface area contributed by atoms with Crippen molar-refractivity contribution in [1.29, 1.82) is 0 Å². The average molecular weight is 381 g/mol. The molecule has 0 saturated carbocycles. The van der Waals surface area contributed by atoms with Crippen LogP contribution in [0.25, 0.3) is 0 Å². The minimum Gasteiger partial charge on any atom is -0.496 e. The molecule has 2 heterocycles. The maximum Gasteiger partial charge on any atom is 0.255 e. The summed E-state index contributed by atoms with van der Waals surface area (Å²) < 4.78 is 10.7. The first-order valence-electron chi connectivity index (χ1n) is 8.14. The van der Waals surface area contributed by atoms with E-state index in [9.17, 15) is 4.79 Å². The summed E-state index contributed by atoms with van der Waals surface area (Å²) in [5, 5.41) is 7.73. The maximum absolute atomic E-state index is 12.6. The van der Waals surface area contributed by atoms with E-state index < -0.39 is 0 Å². The van der Waals surface area contributed by atoms with Crippen LogP contribution in [0, 0.1) is 0 Å². The lowest BCUT2D eigenvalue weighted by Gasteiger charge is -2.34. The molecule has 5 nitrogen and oxygen atoms in total. The third-order valence-corrected chi connectivity index (χ3v) is 5.21. The molecule has 134 valence electrons. The van der Waals surface area contributed by atoms with Gasteiger partial charge in [-0.1, -0.05) is 11.6 Å². The van der Waals surface area contributed by atoms with Crippen LogP contribution < -0.4 is 10.1 Å². The number of ether oxygens (including phenoxy) is 2. The van der Waals surface area contributed by atoms with Crippen molar-refractivity contribution < 1.29 is 14.3 Å². The molecule has 25 heavy (non-hydrogen) atoms. The molecule has 0 spiro atoms. The molecule has 3 rings (SSSR count). The minimum absolute atomic E-state index is 0.129. The number of morpholine rings is 1. The van der Waals surface area contributed by atoms with Crippen LogP contribution in [-0.4, -0.2) is 50.8 Å². The van der Waals surface area contributed by atoms with Crippen LogP contribution in [0.5, 0.6) is 5.75 Å². The maximum atomic E-state index is 12.6. The van der Waals surface area contributed by atoms with Crippen molar-refractivity contribution in [3.63, 3.8) is 0 Å². The van der Waals surface area contributed by atoms with Crippen molar-refractivity contribution in [2.75, 3.05) is 40.0 Å². The molecule has 1 atom stereocenters. The highest BCUT2D eigenvalue weighted by molar-refractivity contribution is 7.07. The van der Waals surface area contributed by atoms with E-state index in [0.717, 1.165) is 26.3 Å². The third kappa shape index (κ3) is 4.52. The second-order valence-electron chi connectivity index (χ2n) is 5.78. The van der Waals surface area contributed by atoms with Crippen LogP contribution in [0.3, 0.4) is 0 Å². The lowest BCUT2D eigenvalue weighted by molar-refractivity contribution is 0.0163. The molecule has 1 amide bonds. The summed E-state index contributed by atoms with van der Waals surface area (Å²) in [6, 6.07) is 7.28. The Morgan fingerprint density at radius 2 is 2.20 bits per heavy atom. The van der Waals surface area contributed by atoms with Crippen molar-refractivity contribution in [3.8, 4) is 5.75 Å². The smallest absolute Gasteiger partial charge is 0.255 e. The molecule has 1 aromatic carbocycles. The topological polar surface area (TPSA) is 50.8 Å². The number of hydrogen-bond donors (Lipinski definition) is 1. The molecule has 0 unspecified atom stereocenters. The Morgan fingerprint density at radius 1 is 1.40 bits per heavy atom. The van der Waals surface area contributed by atoms with Gasteiger partial charge in [-0.3, -0.25) is 9.69 Å². The highest BCUT2D eigenvalue weighted by atomic mass is 35.5. The molecule has 1 aromatic heterocycles. The normalized spacial score (nSPS) is 16.4. The molecule has 1 saturated heterocycles. The van der Waals surface area contributed by atoms with E-state index in [2.05, 4.69) is 27.0 Å². The number of halogens is 1. The predicted molar refractivity (Wildman–Crippen MR) is 99.8 cm³/mol. The van der Waals surface area contributed by atoms with Crippen LogP contribution in [0.15, 0.2) is 35.0 Å². The molecule has 1 N–H and O–H groups in total. The van der Waals surface area contributed by atoms with Gasteiger partial charge in [0.25, 0.3) is 5.91 Å². The average Bonchev–Trinajstić information content (AvgIpc) is 3.17. The van der Waals surface area contributed by atoms with Gasteiger partial charge >= 0.3 is 0 Å². The van der Waals surface area contributed by atoms with Gasteiger partial charge in [0.1, 0.15) is 5.75 Å². The highest BCUT2D eigenvalue weighted by Crippen LogP contribution is 2.25. The number of rotatable bonds is 6. The predicted octanol–water partition coefficient (Wildman–Crippen LogP) is 3.21. The zero-order chi connectivity index (χ0) is 17.6. The molecule has 7 heteroatoms. The first-order chi connectivity index (χ1) is 12.2. The summed E-state index contributed by atoms with van der Waals surface area (Å²) in [4.78, 5) is 15.0. The van der Waals surface area contributed by atoms with Crippen molar-refractivity contribution in [3.05, 3.63) is 51.2 Å². The molecule has 2 aromatic rings. The standard InChI is InChI=1S/C18H21ClN2O3S/c1-23-17-3-2-14(19)10-15(17)18(22)20-11-16(13-4-9-25-12-13)21-5-7-24-8-6-21/h2-4,9-10,12,16H,5-8,11H2,1H3,(H,20,22)/t16-/m1/s1. The number of thiophene rings is 1. The summed E-state index contributed by atoms with van der Waals surface area (Å²) in [5.41, 5.74) is 1.66. The molecule has 0 aliphatic carbocycles. The van der Waals surface area contributed by atoms with E-state index in [4.69, 9.17) is 21.1 Å². The number of benzene rings is 1. The van der Waals surface area contributed by atoms with E-state index in [1.165, 1.54) is 5.56 Å². The quantitative estimate of drug-likeness (QED) is 0.836.